The molecule has 0 aromatic heterocycles. The van der Waals surface area contributed by atoms with E-state index in [4.69, 9.17) is 5.11 Å². The monoisotopic (exact) mass is 330 g/mol. The number of aliphatic carboxylic acids is 1. The van der Waals surface area contributed by atoms with Crippen molar-refractivity contribution in [3.8, 4) is 0 Å². The number of hydrogen-bond donors (Lipinski definition) is 1. The van der Waals surface area contributed by atoms with Gasteiger partial charge in [-0.1, -0.05) is 13.2 Å². The maximum atomic E-state index is 11.5. The molecular formula is C12H10O11. The molecule has 0 saturated heterocycles. The van der Waals surface area contributed by atoms with Crippen molar-refractivity contribution >= 4 is 35.8 Å². The molecule has 0 aliphatic carbocycles. The lowest BCUT2D eigenvalue weighted by Gasteiger charge is -2.13. The van der Waals surface area contributed by atoms with Crippen LogP contribution in [0.15, 0.2) is 25.7 Å². The van der Waals surface area contributed by atoms with Gasteiger partial charge in [0.2, 0.25) is 6.10 Å². The molecule has 0 spiro atoms. The minimum atomic E-state index is -2.18. The molecule has 0 radical (unpaired) electrons. The number of carboxylic acids is 1. The molecule has 0 bridgehead atoms. The summed E-state index contributed by atoms with van der Waals surface area (Å²) in [5.41, 5.74) is 0. The summed E-state index contributed by atoms with van der Waals surface area (Å²) < 4.78 is 16.2. The Balaban J connectivity index is 4.95. The standard InChI is InChI=1S/C12H10O11/c1-3-20-9(16)11(18)22-6(5-7(13)14)8(15)23-12(19)10(17)21-4-2/h3-4,6H,1-2,5H2,(H,13,14). The Bertz CT molecular complexity index is 559. The first kappa shape index (κ1) is 19.5. The van der Waals surface area contributed by atoms with Crippen molar-refractivity contribution in [2.24, 2.45) is 0 Å². The third-order valence-electron chi connectivity index (χ3n) is 1.78. The molecule has 0 aromatic carbocycles. The highest BCUT2D eigenvalue weighted by atomic mass is 16.6. The average molecular weight is 330 g/mol. The molecule has 0 aromatic rings. The molecule has 11 nitrogen and oxygen atoms in total. The van der Waals surface area contributed by atoms with Gasteiger partial charge in [0.05, 0.1) is 18.9 Å². The minimum absolute atomic E-state index is 0.577. The van der Waals surface area contributed by atoms with E-state index >= 15 is 0 Å². The van der Waals surface area contributed by atoms with E-state index < -0.39 is 48.3 Å². The van der Waals surface area contributed by atoms with Crippen molar-refractivity contribution in [3.63, 3.8) is 0 Å². The van der Waals surface area contributed by atoms with Crippen molar-refractivity contribution in [1.82, 2.24) is 0 Å². The second-order valence-corrected chi connectivity index (χ2v) is 3.34. The maximum Gasteiger partial charge on any atom is 0.425 e. The van der Waals surface area contributed by atoms with Crippen molar-refractivity contribution in [3.05, 3.63) is 25.7 Å². The molecule has 23 heavy (non-hydrogen) atoms. The first-order valence-electron chi connectivity index (χ1n) is 5.54. The van der Waals surface area contributed by atoms with E-state index in [0.717, 1.165) is 0 Å². The third-order valence-corrected chi connectivity index (χ3v) is 1.78. The van der Waals surface area contributed by atoms with Crippen molar-refractivity contribution in [1.29, 1.82) is 0 Å². The predicted octanol–water partition coefficient (Wildman–Crippen LogP) is -1.18. The van der Waals surface area contributed by atoms with Crippen LogP contribution >= 0.6 is 0 Å². The molecule has 0 aliphatic rings. The van der Waals surface area contributed by atoms with Gasteiger partial charge in [0.1, 0.15) is 0 Å². The van der Waals surface area contributed by atoms with Crippen LogP contribution in [0.25, 0.3) is 0 Å². The molecule has 124 valence electrons. The highest BCUT2D eigenvalue weighted by Crippen LogP contribution is 2.05. The van der Waals surface area contributed by atoms with Crippen LogP contribution in [0.3, 0.4) is 0 Å². The fourth-order valence-corrected chi connectivity index (χ4v) is 0.955. The summed E-state index contributed by atoms with van der Waals surface area (Å²) in [6.07, 6.45) is -2.16. The fourth-order valence-electron chi connectivity index (χ4n) is 0.955. The van der Waals surface area contributed by atoms with Gasteiger partial charge in [-0.2, -0.15) is 0 Å². The Labute approximate surface area is 128 Å². The van der Waals surface area contributed by atoms with Gasteiger partial charge >= 0.3 is 35.8 Å². The van der Waals surface area contributed by atoms with Crippen LogP contribution in [-0.2, 0) is 47.7 Å². The number of carbonyl (C=O) groups is 6. The maximum absolute atomic E-state index is 11.5. The minimum Gasteiger partial charge on any atom is -0.481 e. The number of carboxylic acid groups (broad SMARTS) is 1. The lowest BCUT2D eigenvalue weighted by atomic mass is 10.2. The van der Waals surface area contributed by atoms with Crippen LogP contribution in [0.1, 0.15) is 6.42 Å². The Morgan fingerprint density at radius 3 is 1.78 bits per heavy atom. The van der Waals surface area contributed by atoms with E-state index in [9.17, 15) is 28.8 Å². The van der Waals surface area contributed by atoms with Gasteiger partial charge in [-0.3, -0.25) is 4.79 Å². The Morgan fingerprint density at radius 1 is 0.870 bits per heavy atom. The zero-order chi connectivity index (χ0) is 18.0. The smallest absolute Gasteiger partial charge is 0.425 e. The molecule has 0 fully saturated rings. The van der Waals surface area contributed by atoms with Gasteiger partial charge in [-0.05, 0) is 0 Å². The fraction of sp³-hybridized carbons (Fsp3) is 0.167. The number of esters is 5. The molecule has 11 heteroatoms. The van der Waals surface area contributed by atoms with E-state index in [1.54, 1.807) is 0 Å². The largest absolute Gasteiger partial charge is 0.481 e. The summed E-state index contributed by atoms with van der Waals surface area (Å²) >= 11 is 0. The Kier molecular flexibility index (Phi) is 8.00. The third kappa shape index (κ3) is 7.17. The van der Waals surface area contributed by atoms with Crippen LogP contribution in [0, 0.1) is 0 Å². The van der Waals surface area contributed by atoms with E-state index in [-0.39, 0.29) is 0 Å². The van der Waals surface area contributed by atoms with Crippen LogP contribution < -0.4 is 0 Å². The van der Waals surface area contributed by atoms with E-state index in [0.29, 0.717) is 12.5 Å². The molecule has 0 saturated carbocycles. The molecule has 0 rings (SSSR count). The normalized spacial score (nSPS) is 10.4. The quantitative estimate of drug-likeness (QED) is 0.205. The van der Waals surface area contributed by atoms with E-state index in [1.165, 1.54) is 0 Å². The molecule has 1 unspecified atom stereocenters. The molecule has 0 aliphatic heterocycles. The molecular weight excluding hydrogens is 320 g/mol. The van der Waals surface area contributed by atoms with Gasteiger partial charge in [0.15, 0.2) is 0 Å². The summed E-state index contributed by atoms with van der Waals surface area (Å²) in [7, 11) is 0. The summed E-state index contributed by atoms with van der Waals surface area (Å²) in [5, 5.41) is 8.59. The zero-order valence-electron chi connectivity index (χ0n) is 11.4. The predicted molar refractivity (Wildman–Crippen MR) is 65.8 cm³/mol. The second kappa shape index (κ2) is 9.44. The van der Waals surface area contributed by atoms with Gasteiger partial charge in [-0.15, -0.1) is 0 Å². The van der Waals surface area contributed by atoms with Crippen molar-refractivity contribution in [2.45, 2.75) is 12.5 Å². The highest BCUT2D eigenvalue weighted by molar-refractivity contribution is 6.32. The SMILES string of the molecule is C=COC(=O)C(=O)OC(=O)C(CC(=O)O)OC(=O)C(=O)OC=C. The molecule has 0 amide bonds. The first-order valence-corrected chi connectivity index (χ1v) is 5.54. The van der Waals surface area contributed by atoms with Crippen LogP contribution in [-0.4, -0.2) is 47.0 Å². The number of ether oxygens (including phenoxy) is 4. The number of carbonyl (C=O) groups excluding carboxylic acids is 5. The Morgan fingerprint density at radius 2 is 1.35 bits per heavy atom. The number of hydrogen-bond acceptors (Lipinski definition) is 10. The van der Waals surface area contributed by atoms with Gasteiger partial charge < -0.3 is 24.1 Å². The summed E-state index contributed by atoms with van der Waals surface area (Å²) in [6.45, 7) is 5.95. The first-order chi connectivity index (χ1) is 10.7. The summed E-state index contributed by atoms with van der Waals surface area (Å²) in [4.78, 5) is 66.3. The highest BCUT2D eigenvalue weighted by Gasteiger charge is 2.33. The van der Waals surface area contributed by atoms with Gasteiger partial charge in [-0.25, -0.2) is 24.0 Å². The van der Waals surface area contributed by atoms with Crippen LogP contribution in [0.5, 0.6) is 0 Å². The van der Waals surface area contributed by atoms with Crippen LogP contribution in [0.4, 0.5) is 0 Å². The summed E-state index contributed by atoms with van der Waals surface area (Å²) in [5.74, 6) is -10.1. The topological polar surface area (TPSA) is 160 Å². The average Bonchev–Trinajstić information content (AvgIpc) is 2.46. The second-order valence-electron chi connectivity index (χ2n) is 3.34. The summed E-state index contributed by atoms with van der Waals surface area (Å²) in [6, 6.07) is 0. The van der Waals surface area contributed by atoms with Crippen LogP contribution in [0.2, 0.25) is 0 Å². The van der Waals surface area contributed by atoms with Crippen molar-refractivity contribution < 1.29 is 52.8 Å². The van der Waals surface area contributed by atoms with E-state index in [1.807, 2.05) is 0 Å². The number of rotatable bonds is 6. The molecule has 0 heterocycles. The van der Waals surface area contributed by atoms with Gasteiger partial charge in [0.25, 0.3) is 0 Å². The van der Waals surface area contributed by atoms with E-state index in [2.05, 4.69) is 32.1 Å². The lowest BCUT2D eigenvalue weighted by Crippen LogP contribution is -2.36. The Hall–Kier alpha value is -3.50. The van der Waals surface area contributed by atoms with Crippen molar-refractivity contribution in [2.75, 3.05) is 0 Å². The van der Waals surface area contributed by atoms with Gasteiger partial charge in [0, 0.05) is 0 Å². The lowest BCUT2D eigenvalue weighted by molar-refractivity contribution is -0.183. The molecule has 1 atom stereocenters. The zero-order valence-corrected chi connectivity index (χ0v) is 11.4. The molecule has 1 N–H and O–H groups in total.